The Bertz CT molecular complexity index is 1590. The van der Waals surface area contributed by atoms with Crippen LogP contribution in [0.15, 0.2) is 53.4 Å². The van der Waals surface area contributed by atoms with Crippen molar-refractivity contribution in [3.8, 4) is 5.75 Å². The zero-order chi connectivity index (χ0) is 34.5. The fourth-order valence-electron chi connectivity index (χ4n) is 7.51. The smallest absolute Gasteiger partial charge is 0.264 e. The molecule has 3 aliphatic heterocycles. The largest absolute Gasteiger partial charge is 0.487 e. The van der Waals surface area contributed by atoms with Crippen LogP contribution in [0, 0.1) is 23.7 Å². The van der Waals surface area contributed by atoms with Gasteiger partial charge in [0.05, 0.1) is 23.3 Å². The van der Waals surface area contributed by atoms with Gasteiger partial charge in [-0.2, -0.15) is 0 Å². The molecule has 49 heavy (non-hydrogen) atoms. The molecule has 2 bridgehead atoms. The van der Waals surface area contributed by atoms with Crippen molar-refractivity contribution >= 4 is 33.2 Å². The summed E-state index contributed by atoms with van der Waals surface area (Å²) in [6.07, 6.45) is 9.99. The number of carbonyl (C=O) groups excluding carboxylic acids is 1. The summed E-state index contributed by atoms with van der Waals surface area (Å²) in [6, 6.07) is 10.9. The van der Waals surface area contributed by atoms with Gasteiger partial charge in [-0.25, -0.2) is 13.1 Å². The van der Waals surface area contributed by atoms with Crippen LogP contribution in [0.5, 0.6) is 5.75 Å². The van der Waals surface area contributed by atoms with Crippen molar-refractivity contribution in [2.75, 3.05) is 64.4 Å². The van der Waals surface area contributed by atoms with E-state index in [0.717, 1.165) is 89.2 Å². The molecule has 4 aliphatic rings. The highest BCUT2D eigenvalue weighted by Crippen LogP contribution is 2.42. The number of benzene rings is 2. The number of anilines is 1. The number of ether oxygens (including phenoxy) is 2. The van der Waals surface area contributed by atoms with E-state index >= 15 is 0 Å². The second kappa shape index (κ2) is 16.1. The van der Waals surface area contributed by atoms with Crippen LogP contribution in [0.4, 0.5) is 5.69 Å². The van der Waals surface area contributed by atoms with Crippen LogP contribution in [0.3, 0.4) is 0 Å². The molecule has 2 aromatic carbocycles. The molecule has 1 aliphatic carbocycles. The number of piperazine rings is 1. The Morgan fingerprint density at radius 3 is 2.59 bits per heavy atom. The van der Waals surface area contributed by atoms with E-state index in [0.29, 0.717) is 42.2 Å². The third kappa shape index (κ3) is 9.00. The van der Waals surface area contributed by atoms with Crippen LogP contribution < -0.4 is 14.4 Å². The number of carbonyl (C=O) groups is 1. The Balaban J connectivity index is 1.30. The lowest BCUT2D eigenvalue weighted by atomic mass is 9.70. The molecule has 1 N–H and O–H groups in total. The van der Waals surface area contributed by atoms with Crippen LogP contribution in [-0.4, -0.2) is 89.7 Å². The Morgan fingerprint density at radius 2 is 1.82 bits per heavy atom. The first-order valence-electron chi connectivity index (χ1n) is 18.1. The van der Waals surface area contributed by atoms with Gasteiger partial charge >= 0.3 is 0 Å². The highest BCUT2D eigenvalue weighted by molar-refractivity contribution is 7.90. The fourth-order valence-corrected chi connectivity index (χ4v) is 8.79. The second-order valence-electron chi connectivity index (χ2n) is 14.6. The van der Waals surface area contributed by atoms with Crippen LogP contribution in [0.25, 0.3) is 0 Å². The summed E-state index contributed by atoms with van der Waals surface area (Å²) in [6.45, 7) is 11.6. The quantitative estimate of drug-likeness (QED) is 0.401. The number of hydrogen-bond acceptors (Lipinski definition) is 8. The number of nitrogens with one attached hydrogen (secondary N) is 1. The van der Waals surface area contributed by atoms with Gasteiger partial charge in [-0.15, -0.1) is 0 Å². The highest BCUT2D eigenvalue weighted by atomic mass is 35.5. The van der Waals surface area contributed by atoms with E-state index in [9.17, 15) is 13.2 Å². The lowest BCUT2D eigenvalue weighted by Crippen LogP contribution is -2.47. The molecule has 2 fully saturated rings. The van der Waals surface area contributed by atoms with Crippen molar-refractivity contribution in [2.24, 2.45) is 23.7 Å². The molecule has 6 rings (SSSR count). The number of fused-ring (bicyclic) bond motifs is 3. The monoisotopic (exact) mass is 712 g/mol. The maximum atomic E-state index is 13.6. The molecule has 1 saturated carbocycles. The van der Waals surface area contributed by atoms with Gasteiger partial charge in [-0.1, -0.05) is 43.7 Å². The molecule has 268 valence electrons. The third-order valence-electron chi connectivity index (χ3n) is 11.3. The molecule has 11 heteroatoms. The minimum absolute atomic E-state index is 0.0129. The average Bonchev–Trinajstić information content (AvgIpc) is 3.09. The number of sulfonamides is 1. The number of likely N-dealkylation sites (N-methyl/N-ethyl adjacent to an activating group) is 1. The first kappa shape index (κ1) is 36.2. The van der Waals surface area contributed by atoms with E-state index in [2.05, 4.69) is 38.6 Å². The van der Waals surface area contributed by atoms with Gasteiger partial charge in [0.2, 0.25) is 5.91 Å². The second-order valence-corrected chi connectivity index (χ2v) is 16.7. The number of rotatable bonds is 4. The standard InChI is InChI=1S/C38H53ClN4O5S/c1-27-7-6-9-36(47-22-21-42-19-17-41(3)18-20-42)34-14-11-30(34)25-43-16-5-4-8-29-23-32(39)12-10-31(29)26-48-37-15-13-33(24-35(37)43)49(45,46)40-38(44)28(27)2/h6,9-10,12-13,15,23-24,27-28,30,34,36H,4-5,7-8,11,14,16-22,25-26H2,1-3H3,(H,40,44)/b9-6+/t27-,28+,30-,34+,36-/m0/s1. The van der Waals surface area contributed by atoms with Crippen LogP contribution >= 0.6 is 11.6 Å². The molecule has 0 spiro atoms. The first-order chi connectivity index (χ1) is 23.6. The van der Waals surface area contributed by atoms with Crippen LogP contribution in [-0.2, 0) is 32.6 Å². The summed E-state index contributed by atoms with van der Waals surface area (Å²) in [7, 11) is -1.92. The summed E-state index contributed by atoms with van der Waals surface area (Å²) in [5, 5.41) is 0.714. The number of allylic oxidation sites excluding steroid dienone is 1. The van der Waals surface area contributed by atoms with E-state index in [1.54, 1.807) is 25.1 Å². The Morgan fingerprint density at radius 1 is 1.00 bits per heavy atom. The van der Waals surface area contributed by atoms with Crippen LogP contribution in [0.1, 0.15) is 57.1 Å². The normalized spacial score (nSPS) is 29.3. The summed E-state index contributed by atoms with van der Waals surface area (Å²) in [5.74, 6) is 0.342. The van der Waals surface area contributed by atoms with Gasteiger partial charge < -0.3 is 19.3 Å². The van der Waals surface area contributed by atoms with Crippen molar-refractivity contribution in [2.45, 2.75) is 70.0 Å². The van der Waals surface area contributed by atoms with E-state index in [1.807, 2.05) is 25.1 Å². The van der Waals surface area contributed by atoms with Gasteiger partial charge in [0.15, 0.2) is 0 Å². The maximum Gasteiger partial charge on any atom is 0.264 e. The van der Waals surface area contributed by atoms with Gasteiger partial charge in [-0.05, 0) is 105 Å². The molecular formula is C38H53ClN4O5S. The van der Waals surface area contributed by atoms with E-state index in [-0.39, 0.29) is 16.9 Å². The number of hydrogen-bond donors (Lipinski definition) is 1. The first-order valence-corrected chi connectivity index (χ1v) is 20.0. The topological polar surface area (TPSA) is 91.4 Å². The van der Waals surface area contributed by atoms with Gasteiger partial charge in [0.1, 0.15) is 12.4 Å². The summed E-state index contributed by atoms with van der Waals surface area (Å²) in [5.41, 5.74) is 3.00. The molecule has 0 radical (unpaired) electrons. The molecular weight excluding hydrogens is 660 g/mol. The average molecular weight is 713 g/mol. The predicted molar refractivity (Wildman–Crippen MR) is 195 cm³/mol. The number of aryl methyl sites for hydroxylation is 1. The SMILES string of the molecule is C[C@H]1C/C=C/[C@H](OCCN2CCN(C)CC2)[C@@H]2CC[C@H]2CN2CCCCc3cc(Cl)ccc3COc3ccc(cc32)S(=O)(=O)NC(=O)[C@@H]1C. The Labute approximate surface area is 298 Å². The minimum atomic E-state index is -4.10. The Hall–Kier alpha value is -2.63. The van der Waals surface area contributed by atoms with Crippen molar-refractivity contribution in [3.05, 3.63) is 64.7 Å². The zero-order valence-corrected chi connectivity index (χ0v) is 30.9. The molecule has 0 unspecified atom stereocenters. The third-order valence-corrected chi connectivity index (χ3v) is 12.8. The number of nitrogens with zero attached hydrogens (tertiary/aromatic N) is 3. The zero-order valence-electron chi connectivity index (χ0n) is 29.3. The van der Waals surface area contributed by atoms with E-state index < -0.39 is 21.8 Å². The Kier molecular flexibility index (Phi) is 11.9. The lowest BCUT2D eigenvalue weighted by molar-refractivity contribution is -0.124. The summed E-state index contributed by atoms with van der Waals surface area (Å²) >= 11 is 6.37. The highest BCUT2D eigenvalue weighted by Gasteiger charge is 2.38. The molecule has 2 aromatic rings. The van der Waals surface area contributed by atoms with Gasteiger partial charge in [0, 0.05) is 56.8 Å². The molecule has 1 saturated heterocycles. The number of amides is 1. The number of halogens is 1. The van der Waals surface area contributed by atoms with Crippen molar-refractivity contribution in [1.82, 2.24) is 14.5 Å². The minimum Gasteiger partial charge on any atom is -0.487 e. The predicted octanol–water partition coefficient (Wildman–Crippen LogP) is 5.76. The molecule has 5 atom stereocenters. The van der Waals surface area contributed by atoms with Crippen LogP contribution in [0.2, 0.25) is 5.02 Å². The molecule has 3 heterocycles. The van der Waals surface area contributed by atoms with Gasteiger partial charge in [-0.3, -0.25) is 9.69 Å². The van der Waals surface area contributed by atoms with Crippen molar-refractivity contribution in [1.29, 1.82) is 0 Å². The molecule has 0 aromatic heterocycles. The molecule has 9 nitrogen and oxygen atoms in total. The summed E-state index contributed by atoms with van der Waals surface area (Å²) in [4.78, 5) is 20.5. The van der Waals surface area contributed by atoms with Crippen molar-refractivity contribution < 1.29 is 22.7 Å². The van der Waals surface area contributed by atoms with Gasteiger partial charge in [0.25, 0.3) is 10.0 Å². The lowest BCUT2D eigenvalue weighted by Gasteiger charge is -2.44. The fraction of sp³-hybridized carbons (Fsp3) is 0.605. The maximum absolute atomic E-state index is 13.6. The van der Waals surface area contributed by atoms with E-state index in [1.165, 1.54) is 5.56 Å². The molecule has 1 amide bonds. The van der Waals surface area contributed by atoms with E-state index in [4.69, 9.17) is 21.1 Å². The summed E-state index contributed by atoms with van der Waals surface area (Å²) < 4.78 is 42.8. The van der Waals surface area contributed by atoms with Crippen molar-refractivity contribution in [3.63, 3.8) is 0 Å².